The molecule has 3 nitrogen and oxygen atoms in total. The van der Waals surface area contributed by atoms with Crippen LogP contribution in [0.15, 0.2) is 30.3 Å². The van der Waals surface area contributed by atoms with E-state index in [1.165, 1.54) is 4.90 Å². The van der Waals surface area contributed by atoms with Gasteiger partial charge in [-0.15, -0.1) is 0 Å². The number of rotatable bonds is 4. The molecule has 19 heavy (non-hydrogen) atoms. The number of quaternary nitrogens is 1. The Morgan fingerprint density at radius 3 is 2.53 bits per heavy atom. The van der Waals surface area contributed by atoms with Gasteiger partial charge in [-0.2, -0.15) is 5.26 Å². The van der Waals surface area contributed by atoms with Gasteiger partial charge < -0.3 is 9.64 Å². The predicted molar refractivity (Wildman–Crippen MR) is 75.2 cm³/mol. The molecule has 1 heterocycles. The van der Waals surface area contributed by atoms with Crippen LogP contribution in [0.1, 0.15) is 24.9 Å². The number of nitrogens with one attached hydrogen (secondary N) is 1. The summed E-state index contributed by atoms with van der Waals surface area (Å²) in [6.07, 6.45) is 0.634. The van der Waals surface area contributed by atoms with Gasteiger partial charge in [0.25, 0.3) is 0 Å². The van der Waals surface area contributed by atoms with Crippen LogP contribution in [-0.4, -0.2) is 31.2 Å². The molecule has 0 amide bonds. The molecule has 1 aliphatic rings. The van der Waals surface area contributed by atoms with Gasteiger partial charge in [-0.25, -0.2) is 0 Å². The zero-order valence-electron chi connectivity index (χ0n) is 11.2. The highest BCUT2D eigenvalue weighted by Crippen LogP contribution is 2.32. The first kappa shape index (κ1) is 14.3. The first-order valence-corrected chi connectivity index (χ1v) is 7.16. The van der Waals surface area contributed by atoms with Gasteiger partial charge in [0.05, 0.1) is 19.3 Å². The summed E-state index contributed by atoms with van der Waals surface area (Å²) in [6, 6.07) is 12.5. The maximum Gasteiger partial charge on any atom is 0.186 e. The van der Waals surface area contributed by atoms with Gasteiger partial charge in [0.15, 0.2) is 4.87 Å². The van der Waals surface area contributed by atoms with Crippen molar-refractivity contribution in [3.05, 3.63) is 35.9 Å². The molecule has 102 valence electrons. The van der Waals surface area contributed by atoms with Crippen LogP contribution in [0.4, 0.5) is 0 Å². The van der Waals surface area contributed by atoms with Crippen molar-refractivity contribution in [1.82, 2.24) is 0 Å². The lowest BCUT2D eigenvalue weighted by Crippen LogP contribution is -3.15. The van der Waals surface area contributed by atoms with Crippen LogP contribution >= 0.6 is 11.6 Å². The van der Waals surface area contributed by atoms with Crippen molar-refractivity contribution in [1.29, 1.82) is 5.26 Å². The largest absolute Gasteiger partial charge is 0.370 e. The van der Waals surface area contributed by atoms with Crippen LogP contribution in [0.5, 0.6) is 0 Å². The third kappa shape index (κ3) is 3.09. The fraction of sp³-hybridized carbons (Fsp3) is 0.533. The summed E-state index contributed by atoms with van der Waals surface area (Å²) >= 11 is 6.62. The van der Waals surface area contributed by atoms with Crippen LogP contribution in [0.25, 0.3) is 0 Å². The average Bonchev–Trinajstić information content (AvgIpc) is 2.49. The van der Waals surface area contributed by atoms with E-state index >= 15 is 0 Å². The van der Waals surface area contributed by atoms with Crippen LogP contribution in [0, 0.1) is 11.3 Å². The summed E-state index contributed by atoms with van der Waals surface area (Å²) in [5, 5.41) is 9.52. The highest BCUT2D eigenvalue weighted by Gasteiger charge is 2.44. The van der Waals surface area contributed by atoms with Gasteiger partial charge >= 0.3 is 0 Å². The molecule has 0 aliphatic carbocycles. The van der Waals surface area contributed by atoms with Crippen molar-refractivity contribution in [2.24, 2.45) is 0 Å². The molecule has 0 unspecified atom stereocenters. The molecule has 1 fully saturated rings. The maximum atomic E-state index is 9.52. The van der Waals surface area contributed by atoms with Crippen molar-refractivity contribution in [3.8, 4) is 6.07 Å². The number of nitriles is 1. The molecule has 1 aliphatic heterocycles. The SMILES string of the molecule is CC[C@](Cl)(C#N)[C@H](c1ccccc1)[NH+]1CCOCC1. The highest BCUT2D eigenvalue weighted by atomic mass is 35.5. The molecule has 1 aromatic carbocycles. The van der Waals surface area contributed by atoms with E-state index in [0.717, 1.165) is 31.9 Å². The van der Waals surface area contributed by atoms with Gasteiger partial charge in [-0.05, 0) is 6.42 Å². The summed E-state index contributed by atoms with van der Waals surface area (Å²) in [5.74, 6) is 0. The minimum atomic E-state index is -0.853. The number of ether oxygens (including phenoxy) is 1. The Hall–Kier alpha value is -1.08. The van der Waals surface area contributed by atoms with Crippen molar-refractivity contribution in [3.63, 3.8) is 0 Å². The minimum absolute atomic E-state index is 0.00531. The summed E-state index contributed by atoms with van der Waals surface area (Å²) in [4.78, 5) is 0.490. The second kappa shape index (κ2) is 6.38. The standard InChI is InChI=1S/C15H19ClN2O/c1-2-15(16,12-17)14(13-6-4-3-5-7-13)18-8-10-19-11-9-18/h3-7,14H,2,8-11H2,1H3/p+1/t14-,15-/m0/s1. The van der Waals surface area contributed by atoms with Crippen molar-refractivity contribution >= 4 is 11.6 Å². The Kier molecular flexibility index (Phi) is 4.81. The van der Waals surface area contributed by atoms with E-state index in [9.17, 15) is 5.26 Å². The van der Waals surface area contributed by atoms with Crippen molar-refractivity contribution in [2.45, 2.75) is 24.3 Å². The minimum Gasteiger partial charge on any atom is -0.370 e. The molecule has 0 saturated carbocycles. The zero-order chi connectivity index (χ0) is 13.7. The number of alkyl halides is 1. The van der Waals surface area contributed by atoms with Crippen LogP contribution < -0.4 is 4.90 Å². The second-order valence-corrected chi connectivity index (χ2v) is 5.62. The van der Waals surface area contributed by atoms with Gasteiger partial charge in [-0.3, -0.25) is 0 Å². The van der Waals surface area contributed by atoms with E-state index in [-0.39, 0.29) is 6.04 Å². The normalized spacial score (nSPS) is 21.3. The Labute approximate surface area is 119 Å². The van der Waals surface area contributed by atoms with Crippen LogP contribution in [-0.2, 0) is 4.74 Å². The smallest absolute Gasteiger partial charge is 0.186 e. The average molecular weight is 280 g/mol. The monoisotopic (exact) mass is 279 g/mol. The second-order valence-electron chi connectivity index (χ2n) is 4.94. The third-order valence-corrected chi connectivity index (χ3v) is 4.40. The Balaban J connectivity index is 2.36. The number of hydrogen-bond acceptors (Lipinski definition) is 2. The molecule has 4 heteroatoms. The van der Waals surface area contributed by atoms with E-state index in [2.05, 4.69) is 18.2 Å². The zero-order valence-corrected chi connectivity index (χ0v) is 12.0. The summed E-state index contributed by atoms with van der Waals surface area (Å²) in [5.41, 5.74) is 1.14. The Morgan fingerprint density at radius 2 is 2.00 bits per heavy atom. The van der Waals surface area contributed by atoms with Crippen molar-refractivity contribution in [2.75, 3.05) is 26.3 Å². The molecule has 1 N–H and O–H groups in total. The Morgan fingerprint density at radius 1 is 1.37 bits per heavy atom. The molecule has 0 radical (unpaired) electrons. The summed E-state index contributed by atoms with van der Waals surface area (Å²) in [7, 11) is 0. The van der Waals surface area contributed by atoms with Gasteiger partial charge in [0, 0.05) is 5.56 Å². The van der Waals surface area contributed by atoms with E-state index in [0.29, 0.717) is 6.42 Å². The number of nitrogens with zero attached hydrogens (tertiary/aromatic N) is 1. The van der Waals surface area contributed by atoms with Crippen LogP contribution in [0.3, 0.4) is 0 Å². The fourth-order valence-corrected chi connectivity index (χ4v) is 3.02. The van der Waals surface area contributed by atoms with Crippen LogP contribution in [0.2, 0.25) is 0 Å². The quantitative estimate of drug-likeness (QED) is 0.850. The molecule has 2 rings (SSSR count). The maximum absolute atomic E-state index is 9.52. The lowest BCUT2D eigenvalue weighted by Gasteiger charge is -2.37. The summed E-state index contributed by atoms with van der Waals surface area (Å²) < 4.78 is 5.42. The first-order valence-electron chi connectivity index (χ1n) is 6.78. The van der Waals surface area contributed by atoms with E-state index < -0.39 is 4.87 Å². The van der Waals surface area contributed by atoms with E-state index in [1.807, 2.05) is 25.1 Å². The molecule has 0 aromatic heterocycles. The van der Waals surface area contributed by atoms with Gasteiger partial charge in [-0.1, -0.05) is 48.9 Å². The van der Waals surface area contributed by atoms with Gasteiger partial charge in [0.2, 0.25) is 0 Å². The molecule has 1 saturated heterocycles. The molecular formula is C15H20ClN2O+. The summed E-state index contributed by atoms with van der Waals surface area (Å²) in [6.45, 7) is 5.25. The first-order chi connectivity index (χ1) is 9.21. The van der Waals surface area contributed by atoms with Gasteiger partial charge in [0.1, 0.15) is 19.1 Å². The molecule has 0 bridgehead atoms. The number of hydrogen-bond donors (Lipinski definition) is 1. The lowest BCUT2D eigenvalue weighted by atomic mass is 9.89. The topological polar surface area (TPSA) is 37.5 Å². The van der Waals surface area contributed by atoms with E-state index in [4.69, 9.17) is 16.3 Å². The predicted octanol–water partition coefficient (Wildman–Crippen LogP) is 1.55. The third-order valence-electron chi connectivity index (χ3n) is 3.83. The fourth-order valence-electron chi connectivity index (χ4n) is 2.74. The molecule has 2 atom stereocenters. The van der Waals surface area contributed by atoms with E-state index in [1.54, 1.807) is 0 Å². The number of morpholine rings is 1. The highest BCUT2D eigenvalue weighted by molar-refractivity contribution is 6.26. The number of benzene rings is 1. The molecular weight excluding hydrogens is 260 g/mol. The molecule has 1 aromatic rings. The Bertz CT molecular complexity index is 439. The molecule has 0 spiro atoms. The van der Waals surface area contributed by atoms with Crippen molar-refractivity contribution < 1.29 is 9.64 Å². The number of halogens is 1. The lowest BCUT2D eigenvalue weighted by molar-refractivity contribution is -0.940.